The Morgan fingerprint density at radius 1 is 1.29 bits per heavy atom. The number of hydrogen-bond acceptors (Lipinski definition) is 3. The Kier molecular flexibility index (Phi) is 5.43. The van der Waals surface area contributed by atoms with E-state index in [1.165, 1.54) is 22.3 Å². The van der Waals surface area contributed by atoms with Crippen LogP contribution < -0.4 is 4.74 Å². The zero-order chi connectivity index (χ0) is 17.3. The number of hydrogen-bond donors (Lipinski definition) is 0. The molecule has 1 heterocycles. The molecule has 0 spiro atoms. The largest absolute Gasteiger partial charge is 0.496 e. The van der Waals surface area contributed by atoms with Crippen LogP contribution in [-0.4, -0.2) is 42.5 Å². The first-order valence-electron chi connectivity index (χ1n) is 9.05. The molecule has 1 saturated heterocycles. The summed E-state index contributed by atoms with van der Waals surface area (Å²) in [4.78, 5) is 15.0. The summed E-state index contributed by atoms with van der Waals surface area (Å²) in [5, 5.41) is 0. The van der Waals surface area contributed by atoms with E-state index in [-0.39, 0.29) is 5.92 Å². The highest BCUT2D eigenvalue weighted by Gasteiger charge is 2.32. The van der Waals surface area contributed by atoms with E-state index in [2.05, 4.69) is 31.7 Å². The van der Waals surface area contributed by atoms with E-state index in [4.69, 9.17) is 4.74 Å². The summed E-state index contributed by atoms with van der Waals surface area (Å²) in [6.07, 6.45) is 3.22. The van der Waals surface area contributed by atoms with Crippen LogP contribution in [0.2, 0.25) is 0 Å². The summed E-state index contributed by atoms with van der Waals surface area (Å²) in [6, 6.07) is 2.16. The molecule has 4 heteroatoms. The van der Waals surface area contributed by atoms with Crippen LogP contribution in [0.5, 0.6) is 5.75 Å². The molecule has 0 saturated carbocycles. The third-order valence-electron chi connectivity index (χ3n) is 5.88. The zero-order valence-corrected chi connectivity index (χ0v) is 16.2. The minimum atomic E-state index is 0.118. The molecule has 0 unspecified atom stereocenters. The van der Waals surface area contributed by atoms with Crippen molar-refractivity contribution in [2.45, 2.75) is 40.0 Å². The standard InChI is InChI=1S/C20H29NO2S/c1-13-11-19(23-4)15(3)18-12-16(5-6-17(13)18)14(2)20(22)21-7-9-24-10-8-21/h11,14,16H,5-10,12H2,1-4H3/t14-,16+/m0/s1. The number of rotatable bonds is 3. The third kappa shape index (κ3) is 3.30. The van der Waals surface area contributed by atoms with Crippen molar-refractivity contribution in [3.63, 3.8) is 0 Å². The lowest BCUT2D eigenvalue weighted by Crippen LogP contribution is -2.43. The summed E-state index contributed by atoms with van der Waals surface area (Å²) < 4.78 is 5.55. The third-order valence-corrected chi connectivity index (χ3v) is 6.82. The van der Waals surface area contributed by atoms with E-state index in [1.807, 2.05) is 11.8 Å². The van der Waals surface area contributed by atoms with Gasteiger partial charge >= 0.3 is 0 Å². The molecule has 0 aromatic heterocycles. The van der Waals surface area contributed by atoms with Crippen molar-refractivity contribution in [2.75, 3.05) is 31.7 Å². The van der Waals surface area contributed by atoms with Gasteiger partial charge in [0.15, 0.2) is 0 Å². The molecule has 1 fully saturated rings. The first kappa shape index (κ1) is 17.7. The summed E-state index contributed by atoms with van der Waals surface area (Å²) >= 11 is 1.95. The number of fused-ring (bicyclic) bond motifs is 1. The predicted octanol–water partition coefficient (Wildman–Crippen LogP) is 3.63. The molecular formula is C20H29NO2S. The van der Waals surface area contributed by atoms with E-state index >= 15 is 0 Å². The number of nitrogens with zero attached hydrogens (tertiary/aromatic N) is 1. The molecular weight excluding hydrogens is 318 g/mol. The maximum absolute atomic E-state index is 12.9. The zero-order valence-electron chi connectivity index (χ0n) is 15.4. The van der Waals surface area contributed by atoms with Crippen LogP contribution in [0.3, 0.4) is 0 Å². The van der Waals surface area contributed by atoms with Gasteiger partial charge in [-0.05, 0) is 67.3 Å². The summed E-state index contributed by atoms with van der Waals surface area (Å²) in [5.74, 6) is 4.08. The van der Waals surface area contributed by atoms with Crippen LogP contribution in [0.25, 0.3) is 0 Å². The van der Waals surface area contributed by atoms with Crippen LogP contribution in [-0.2, 0) is 17.6 Å². The normalized spacial score (nSPS) is 22.0. The molecule has 1 aliphatic carbocycles. The van der Waals surface area contributed by atoms with Crippen molar-refractivity contribution < 1.29 is 9.53 Å². The van der Waals surface area contributed by atoms with Gasteiger partial charge in [-0.15, -0.1) is 0 Å². The highest BCUT2D eigenvalue weighted by Crippen LogP contribution is 2.38. The summed E-state index contributed by atoms with van der Waals surface area (Å²) in [5.41, 5.74) is 5.50. The van der Waals surface area contributed by atoms with Crippen molar-refractivity contribution in [1.82, 2.24) is 4.90 Å². The van der Waals surface area contributed by atoms with E-state index in [1.54, 1.807) is 7.11 Å². The quantitative estimate of drug-likeness (QED) is 0.836. The van der Waals surface area contributed by atoms with Crippen molar-refractivity contribution in [2.24, 2.45) is 11.8 Å². The minimum Gasteiger partial charge on any atom is -0.496 e. The average molecular weight is 348 g/mol. The van der Waals surface area contributed by atoms with Gasteiger partial charge in [-0.3, -0.25) is 4.79 Å². The molecule has 0 bridgehead atoms. The van der Waals surface area contributed by atoms with Crippen LogP contribution in [0, 0.1) is 25.7 Å². The highest BCUT2D eigenvalue weighted by atomic mass is 32.2. The van der Waals surface area contributed by atoms with Gasteiger partial charge in [-0.1, -0.05) is 6.92 Å². The van der Waals surface area contributed by atoms with E-state index in [0.29, 0.717) is 11.8 Å². The number of ether oxygens (including phenoxy) is 1. The maximum atomic E-state index is 12.9. The van der Waals surface area contributed by atoms with Gasteiger partial charge in [0.25, 0.3) is 0 Å². The van der Waals surface area contributed by atoms with Gasteiger partial charge in [-0.25, -0.2) is 0 Å². The minimum absolute atomic E-state index is 0.118. The molecule has 2 atom stereocenters. The lowest BCUT2D eigenvalue weighted by atomic mass is 9.74. The van der Waals surface area contributed by atoms with Gasteiger partial charge in [0.05, 0.1) is 7.11 Å². The Balaban J connectivity index is 1.78. The number of carbonyl (C=O) groups excluding carboxylic acids is 1. The lowest BCUT2D eigenvalue weighted by molar-refractivity contribution is -0.136. The predicted molar refractivity (Wildman–Crippen MR) is 101 cm³/mol. The van der Waals surface area contributed by atoms with Gasteiger partial charge in [0.1, 0.15) is 5.75 Å². The Morgan fingerprint density at radius 2 is 2.00 bits per heavy atom. The van der Waals surface area contributed by atoms with Crippen molar-refractivity contribution in [3.05, 3.63) is 28.3 Å². The number of methoxy groups -OCH3 is 1. The maximum Gasteiger partial charge on any atom is 0.225 e. The summed E-state index contributed by atoms with van der Waals surface area (Å²) in [7, 11) is 1.75. The van der Waals surface area contributed by atoms with Crippen molar-refractivity contribution in [1.29, 1.82) is 0 Å². The van der Waals surface area contributed by atoms with E-state index in [0.717, 1.165) is 49.6 Å². The molecule has 3 rings (SSSR count). The first-order valence-corrected chi connectivity index (χ1v) is 10.2. The first-order chi connectivity index (χ1) is 11.5. The topological polar surface area (TPSA) is 29.5 Å². The van der Waals surface area contributed by atoms with Gasteiger partial charge < -0.3 is 9.64 Å². The molecule has 1 aliphatic heterocycles. The fourth-order valence-electron chi connectivity index (χ4n) is 4.24. The van der Waals surface area contributed by atoms with Crippen molar-refractivity contribution >= 4 is 17.7 Å². The van der Waals surface area contributed by atoms with Gasteiger partial charge in [0, 0.05) is 30.5 Å². The molecule has 0 radical (unpaired) electrons. The Labute approximate surface area is 150 Å². The van der Waals surface area contributed by atoms with E-state index in [9.17, 15) is 4.79 Å². The molecule has 3 nitrogen and oxygen atoms in total. The summed E-state index contributed by atoms with van der Waals surface area (Å²) in [6.45, 7) is 8.32. The number of carbonyl (C=O) groups is 1. The Bertz CT molecular complexity index is 623. The molecule has 1 aromatic carbocycles. The lowest BCUT2D eigenvalue weighted by Gasteiger charge is -2.35. The Hall–Kier alpha value is -1.16. The number of aryl methyl sites for hydroxylation is 1. The van der Waals surface area contributed by atoms with Gasteiger partial charge in [0.2, 0.25) is 5.91 Å². The monoisotopic (exact) mass is 347 g/mol. The average Bonchev–Trinajstić information content (AvgIpc) is 2.63. The molecule has 0 N–H and O–H groups in total. The second-order valence-electron chi connectivity index (χ2n) is 7.21. The number of amides is 1. The number of benzene rings is 1. The van der Waals surface area contributed by atoms with Crippen LogP contribution in [0.1, 0.15) is 35.6 Å². The van der Waals surface area contributed by atoms with Crippen LogP contribution >= 0.6 is 11.8 Å². The second kappa shape index (κ2) is 7.38. The second-order valence-corrected chi connectivity index (χ2v) is 8.43. The van der Waals surface area contributed by atoms with E-state index < -0.39 is 0 Å². The van der Waals surface area contributed by atoms with Gasteiger partial charge in [-0.2, -0.15) is 11.8 Å². The molecule has 1 aromatic rings. The molecule has 2 aliphatic rings. The highest BCUT2D eigenvalue weighted by molar-refractivity contribution is 7.99. The van der Waals surface area contributed by atoms with Crippen LogP contribution in [0.15, 0.2) is 6.07 Å². The number of thioether (sulfide) groups is 1. The molecule has 1 amide bonds. The fraction of sp³-hybridized carbons (Fsp3) is 0.650. The molecule has 24 heavy (non-hydrogen) atoms. The molecule has 132 valence electrons. The Morgan fingerprint density at radius 3 is 2.67 bits per heavy atom. The SMILES string of the molecule is COc1cc(C)c2c(c1C)C[C@H]([C@H](C)C(=O)N1CCSCC1)CC2. The fourth-order valence-corrected chi connectivity index (χ4v) is 5.14. The smallest absolute Gasteiger partial charge is 0.225 e. The van der Waals surface area contributed by atoms with Crippen LogP contribution in [0.4, 0.5) is 0 Å². The van der Waals surface area contributed by atoms with Crippen molar-refractivity contribution in [3.8, 4) is 5.75 Å².